The zero-order chi connectivity index (χ0) is 13.8. The minimum atomic E-state index is -0.896. The molecule has 0 aromatic carbocycles. The molecule has 0 saturated heterocycles. The van der Waals surface area contributed by atoms with Crippen LogP contribution in [-0.4, -0.2) is 8.07 Å². The van der Waals surface area contributed by atoms with Gasteiger partial charge >= 0.3 is 0 Å². The van der Waals surface area contributed by atoms with Crippen molar-refractivity contribution in [3.63, 3.8) is 0 Å². The van der Waals surface area contributed by atoms with Crippen LogP contribution in [0.5, 0.6) is 0 Å². The van der Waals surface area contributed by atoms with E-state index in [4.69, 9.17) is 0 Å². The van der Waals surface area contributed by atoms with Gasteiger partial charge in [0.2, 0.25) is 0 Å². The normalized spacial score (nSPS) is 22.6. The van der Waals surface area contributed by atoms with E-state index in [-0.39, 0.29) is 0 Å². The fourth-order valence-corrected chi connectivity index (χ4v) is 3.49. The van der Waals surface area contributed by atoms with Gasteiger partial charge < -0.3 is 0 Å². The van der Waals surface area contributed by atoms with Gasteiger partial charge in [-0.2, -0.15) is 0 Å². The van der Waals surface area contributed by atoms with Crippen molar-refractivity contribution in [2.75, 3.05) is 0 Å². The first-order valence-electron chi connectivity index (χ1n) is 7.53. The van der Waals surface area contributed by atoms with Gasteiger partial charge in [-0.1, -0.05) is 64.2 Å². The lowest BCUT2D eigenvalue weighted by Gasteiger charge is -2.34. The van der Waals surface area contributed by atoms with E-state index in [1.807, 2.05) is 0 Å². The van der Waals surface area contributed by atoms with Gasteiger partial charge in [0.1, 0.15) is 0 Å². The molecule has 0 amide bonds. The molecule has 0 heterocycles. The molecule has 0 bridgehead atoms. The number of allylic oxidation sites excluding steroid dienone is 4. The van der Waals surface area contributed by atoms with Gasteiger partial charge in [0.15, 0.2) is 0 Å². The molecule has 0 aromatic rings. The monoisotopic (exact) mass is 264 g/mol. The highest BCUT2D eigenvalue weighted by atomic mass is 28.3. The summed E-state index contributed by atoms with van der Waals surface area (Å²) in [6, 6.07) is 1.31. The molecule has 1 fully saturated rings. The van der Waals surface area contributed by atoms with Crippen LogP contribution >= 0.6 is 0 Å². The summed E-state index contributed by atoms with van der Waals surface area (Å²) in [6.07, 6.45) is 12.5. The lowest BCUT2D eigenvalue weighted by molar-refractivity contribution is 0.197. The van der Waals surface area contributed by atoms with Crippen molar-refractivity contribution in [3.05, 3.63) is 23.8 Å². The van der Waals surface area contributed by atoms with Gasteiger partial charge in [0.25, 0.3) is 0 Å². The maximum absolute atomic E-state index is 2.43. The van der Waals surface area contributed by atoms with E-state index in [1.165, 1.54) is 31.7 Å². The Hall–Kier alpha value is -0.303. The van der Waals surface area contributed by atoms with Crippen LogP contribution in [0, 0.1) is 11.3 Å². The molecule has 1 heteroatoms. The van der Waals surface area contributed by atoms with Crippen LogP contribution < -0.4 is 0 Å². The van der Waals surface area contributed by atoms with Gasteiger partial charge in [-0.25, -0.2) is 0 Å². The van der Waals surface area contributed by atoms with E-state index < -0.39 is 8.07 Å². The molecule has 0 radical (unpaired) electrons. The molecule has 0 unspecified atom stereocenters. The van der Waals surface area contributed by atoms with Crippen molar-refractivity contribution in [2.24, 2.45) is 11.3 Å². The summed E-state index contributed by atoms with van der Waals surface area (Å²) in [5.74, 6) is 0.917. The predicted octanol–water partition coefficient (Wildman–Crippen LogP) is 6.04. The van der Waals surface area contributed by atoms with E-state index in [1.54, 1.807) is 5.57 Å². The van der Waals surface area contributed by atoms with Gasteiger partial charge in [0, 0.05) is 8.07 Å². The summed E-state index contributed by atoms with van der Waals surface area (Å²) < 4.78 is 0. The number of rotatable bonds is 3. The van der Waals surface area contributed by atoms with Crippen molar-refractivity contribution in [1.29, 1.82) is 0 Å². The Morgan fingerprint density at radius 1 is 1.11 bits per heavy atom. The Morgan fingerprint density at radius 3 is 2.11 bits per heavy atom. The molecule has 104 valence electrons. The minimum absolute atomic E-state index is 0.499. The third-order valence-electron chi connectivity index (χ3n) is 4.05. The predicted molar refractivity (Wildman–Crippen MR) is 86.8 cm³/mol. The molecule has 0 atom stereocenters. The third-order valence-corrected chi connectivity index (χ3v) is 5.51. The summed E-state index contributed by atoms with van der Waals surface area (Å²) >= 11 is 0. The zero-order valence-corrected chi connectivity index (χ0v) is 14.3. The van der Waals surface area contributed by atoms with Crippen LogP contribution in [0.4, 0.5) is 0 Å². The molecule has 0 spiro atoms. The third kappa shape index (κ3) is 6.04. The van der Waals surface area contributed by atoms with Crippen molar-refractivity contribution in [3.8, 4) is 0 Å². The first kappa shape index (κ1) is 15.8. The molecule has 0 aliphatic heterocycles. The van der Waals surface area contributed by atoms with Gasteiger partial charge in [0.05, 0.1) is 0 Å². The molecule has 0 aromatic heterocycles. The second-order valence-electron chi connectivity index (χ2n) is 8.16. The van der Waals surface area contributed by atoms with Crippen molar-refractivity contribution in [1.82, 2.24) is 0 Å². The Kier molecular flexibility index (Phi) is 5.45. The highest BCUT2D eigenvalue weighted by Crippen LogP contribution is 2.39. The first-order valence-corrected chi connectivity index (χ1v) is 11.2. The molecule has 18 heavy (non-hydrogen) atoms. The van der Waals surface area contributed by atoms with Crippen LogP contribution in [0.3, 0.4) is 0 Å². The quantitative estimate of drug-likeness (QED) is 0.545. The van der Waals surface area contributed by atoms with Gasteiger partial charge in [-0.3, -0.25) is 0 Å². The summed E-state index contributed by atoms with van der Waals surface area (Å²) in [5, 5.41) is 0. The summed E-state index contributed by atoms with van der Waals surface area (Å²) in [5.41, 5.74) is 2.17. The topological polar surface area (TPSA) is 0 Å². The summed E-state index contributed by atoms with van der Waals surface area (Å²) in [7, 11) is -0.896. The highest BCUT2D eigenvalue weighted by Gasteiger charge is 2.27. The van der Waals surface area contributed by atoms with Crippen LogP contribution in [0.2, 0.25) is 25.7 Å². The van der Waals surface area contributed by atoms with Crippen LogP contribution in [0.15, 0.2) is 23.8 Å². The number of hydrogen-bond acceptors (Lipinski definition) is 0. The van der Waals surface area contributed by atoms with E-state index >= 15 is 0 Å². The van der Waals surface area contributed by atoms with Crippen LogP contribution in [0.25, 0.3) is 0 Å². The smallest absolute Gasteiger partial charge is 0.0480 e. The molecule has 1 aliphatic rings. The highest BCUT2D eigenvalue weighted by molar-refractivity contribution is 6.76. The molecular weight excluding hydrogens is 232 g/mol. The number of hydrogen-bond donors (Lipinski definition) is 0. The lowest BCUT2D eigenvalue weighted by Crippen LogP contribution is -2.23. The Bertz CT molecular complexity index is 299. The molecule has 1 rings (SSSR count). The Balaban J connectivity index is 2.39. The van der Waals surface area contributed by atoms with E-state index in [9.17, 15) is 0 Å². The standard InChI is InChI=1S/C17H32Si/c1-17(2,3)16-12-10-15(11-13-16)9-7-8-14-18(4,5)6/h7-9,16H,10-14H2,1-6H3/b8-7-,15-9?. The fourth-order valence-electron chi connectivity index (χ4n) is 2.65. The maximum Gasteiger partial charge on any atom is 0.0480 e. The second-order valence-corrected chi connectivity index (χ2v) is 13.7. The molecule has 0 N–H and O–H groups in total. The van der Waals surface area contributed by atoms with E-state index in [2.05, 4.69) is 58.6 Å². The average molecular weight is 265 g/mol. The lowest BCUT2D eigenvalue weighted by atomic mass is 9.71. The molecule has 1 saturated carbocycles. The summed E-state index contributed by atoms with van der Waals surface area (Å²) in [4.78, 5) is 0. The zero-order valence-electron chi connectivity index (χ0n) is 13.3. The molecule has 1 aliphatic carbocycles. The fraction of sp³-hybridized carbons (Fsp3) is 0.765. The van der Waals surface area contributed by atoms with E-state index in [0.29, 0.717) is 5.41 Å². The van der Waals surface area contributed by atoms with Crippen molar-refractivity contribution < 1.29 is 0 Å². The average Bonchev–Trinajstić information content (AvgIpc) is 2.22. The maximum atomic E-state index is 2.43. The Morgan fingerprint density at radius 2 is 1.67 bits per heavy atom. The molecular formula is C17H32Si. The van der Waals surface area contributed by atoms with Gasteiger partial charge in [-0.05, 0) is 43.1 Å². The van der Waals surface area contributed by atoms with E-state index in [0.717, 1.165) is 5.92 Å². The largest absolute Gasteiger partial charge is 0.0872 e. The SMILES string of the molecule is CC(C)(C)C1CCC(=C/C=C\C[Si](C)(C)C)CC1. The first-order chi connectivity index (χ1) is 8.18. The molecule has 0 nitrogen and oxygen atoms in total. The van der Waals surface area contributed by atoms with Crippen molar-refractivity contribution >= 4 is 8.07 Å². The van der Waals surface area contributed by atoms with Crippen LogP contribution in [0.1, 0.15) is 46.5 Å². The van der Waals surface area contributed by atoms with Crippen molar-refractivity contribution in [2.45, 2.75) is 72.1 Å². The second kappa shape index (κ2) is 6.23. The minimum Gasteiger partial charge on any atom is -0.0872 e. The van der Waals surface area contributed by atoms with Crippen LogP contribution in [-0.2, 0) is 0 Å². The Labute approximate surface area is 116 Å². The summed E-state index contributed by atoms with van der Waals surface area (Å²) in [6.45, 7) is 14.5. The van der Waals surface area contributed by atoms with Gasteiger partial charge in [-0.15, -0.1) is 0 Å².